The van der Waals surface area contributed by atoms with Gasteiger partial charge >= 0.3 is 35.5 Å². The Bertz CT molecular complexity index is 876. The van der Waals surface area contributed by atoms with Crippen LogP contribution in [0.25, 0.3) is 0 Å². The molecule has 2 atom stereocenters. The molecule has 29 heavy (non-hydrogen) atoms. The number of rotatable bonds is 6. The van der Waals surface area contributed by atoms with Gasteiger partial charge in [-0.25, -0.2) is 4.98 Å². The van der Waals surface area contributed by atoms with Gasteiger partial charge in [0.25, 0.3) is 17.5 Å². The first kappa shape index (κ1) is 23.0. The number of hydrogen-bond acceptors (Lipinski definition) is 12. The number of ether oxygens (including phenoxy) is 1. The molecule has 15 heteroatoms. The molecular formula is C14H14N5NaO8S. The van der Waals surface area contributed by atoms with E-state index in [4.69, 9.17) is 15.3 Å². The van der Waals surface area contributed by atoms with Crippen LogP contribution in [0.5, 0.6) is 0 Å². The number of oxime groups is 1. The Morgan fingerprint density at radius 2 is 2.24 bits per heavy atom. The number of anilines is 1. The second-order valence-electron chi connectivity index (χ2n) is 5.69. The van der Waals surface area contributed by atoms with Crippen LogP contribution in [0.4, 0.5) is 5.13 Å². The van der Waals surface area contributed by atoms with Crippen LogP contribution < -0.4 is 45.7 Å². The number of nitrogens with one attached hydrogen (secondary N) is 1. The van der Waals surface area contributed by atoms with Gasteiger partial charge in [-0.15, -0.1) is 11.3 Å². The number of carboxylic acids is 1. The molecule has 3 rings (SSSR count). The number of hydrogen-bond donors (Lipinski definition) is 2. The van der Waals surface area contributed by atoms with Gasteiger partial charge in [-0.3, -0.25) is 19.2 Å². The van der Waals surface area contributed by atoms with Gasteiger partial charge in [-0.2, -0.15) is 5.06 Å². The van der Waals surface area contributed by atoms with E-state index < -0.39 is 42.1 Å². The number of nitrogen functional groups attached to an aromatic ring is 1. The third-order valence-corrected chi connectivity index (χ3v) is 4.61. The summed E-state index contributed by atoms with van der Waals surface area (Å²) in [5.74, 6) is -4.38. The van der Waals surface area contributed by atoms with Crippen molar-refractivity contribution in [1.29, 1.82) is 0 Å². The second-order valence-corrected chi connectivity index (χ2v) is 6.58. The monoisotopic (exact) mass is 435 g/mol. The zero-order valence-electron chi connectivity index (χ0n) is 15.4. The fourth-order valence-corrected chi connectivity index (χ4v) is 3.21. The van der Waals surface area contributed by atoms with E-state index in [0.717, 1.165) is 11.3 Å². The van der Waals surface area contributed by atoms with Crippen molar-refractivity contribution < 1.29 is 68.3 Å². The molecule has 0 bridgehead atoms. The Hall–Kier alpha value is -2.26. The maximum Gasteiger partial charge on any atom is 1.00 e. The molecule has 1 aromatic rings. The van der Waals surface area contributed by atoms with Gasteiger partial charge in [-0.1, -0.05) is 5.16 Å². The van der Waals surface area contributed by atoms with E-state index in [9.17, 15) is 24.3 Å². The maximum atomic E-state index is 12.6. The fourth-order valence-electron chi connectivity index (χ4n) is 2.66. The molecule has 3 heterocycles. The second kappa shape index (κ2) is 9.04. The number of hydroxylamine groups is 2. The Labute approximate surface area is 189 Å². The first-order valence-electron chi connectivity index (χ1n) is 7.82. The van der Waals surface area contributed by atoms with Gasteiger partial charge in [0, 0.05) is 11.8 Å². The number of amides is 2. The number of aliphatic carboxylic acids is 1. The number of carbonyl (C=O) groups excluding carboxylic acids is 4. The van der Waals surface area contributed by atoms with Crippen molar-refractivity contribution in [1.82, 2.24) is 15.4 Å². The first-order valence-corrected chi connectivity index (χ1v) is 8.70. The van der Waals surface area contributed by atoms with Crippen molar-refractivity contribution >= 4 is 45.9 Å². The number of nitrogens with zero attached hydrogens (tertiary/aromatic N) is 3. The molecular weight excluding hydrogens is 421 g/mol. The number of cyclic esters (lactones) is 1. The minimum atomic E-state index is -2.37. The molecule has 2 unspecified atom stereocenters. The maximum absolute atomic E-state index is 12.6. The molecule has 2 saturated heterocycles. The number of thiazole rings is 1. The Morgan fingerprint density at radius 1 is 1.52 bits per heavy atom. The number of carbonyl (C=O) groups is 4. The van der Waals surface area contributed by atoms with Crippen LogP contribution in [0.1, 0.15) is 18.5 Å². The molecule has 0 radical (unpaired) electrons. The third-order valence-electron chi connectivity index (χ3n) is 3.93. The SMILES string of the molecule is CON=C(C(=O)NC1CON(C2(C(=O)[O-])CCC(=O)O2)C1=O)c1csc(N)n1.[Na+]. The molecule has 1 aromatic heterocycles. The zero-order valence-corrected chi connectivity index (χ0v) is 18.2. The molecule has 13 nitrogen and oxygen atoms in total. The summed E-state index contributed by atoms with van der Waals surface area (Å²) in [6, 6.07) is -1.26. The average Bonchev–Trinajstić information content (AvgIpc) is 3.33. The van der Waals surface area contributed by atoms with Crippen molar-refractivity contribution in [3.05, 3.63) is 11.1 Å². The van der Waals surface area contributed by atoms with Crippen LogP contribution >= 0.6 is 11.3 Å². The first-order chi connectivity index (χ1) is 13.3. The predicted molar refractivity (Wildman–Crippen MR) is 87.9 cm³/mol. The van der Waals surface area contributed by atoms with Gasteiger partial charge in [0.2, 0.25) is 0 Å². The van der Waals surface area contributed by atoms with Crippen LogP contribution in [-0.2, 0) is 33.6 Å². The summed E-state index contributed by atoms with van der Waals surface area (Å²) in [7, 11) is 1.21. The Morgan fingerprint density at radius 3 is 2.76 bits per heavy atom. The molecule has 2 aliphatic rings. The van der Waals surface area contributed by atoms with Crippen molar-refractivity contribution in [2.45, 2.75) is 24.6 Å². The largest absolute Gasteiger partial charge is 1.00 e. The van der Waals surface area contributed by atoms with Gasteiger partial charge in [0.1, 0.15) is 31.4 Å². The third kappa shape index (κ3) is 4.35. The van der Waals surface area contributed by atoms with Crippen LogP contribution in [0.3, 0.4) is 0 Å². The van der Waals surface area contributed by atoms with Gasteiger partial charge in [-0.05, 0) is 0 Å². The molecule has 2 amide bonds. The van der Waals surface area contributed by atoms with Crippen LogP contribution in [-0.4, -0.2) is 65.0 Å². The summed E-state index contributed by atoms with van der Waals surface area (Å²) in [5, 5.41) is 19.5. The molecule has 3 N–H and O–H groups in total. The number of aromatic nitrogens is 1. The standard InChI is InChI=1S/C14H15N5O8S.Na/c1-25-18-9(7-5-28-13(15)17-7)10(21)16-6-4-26-19(11(6)22)14(12(23)24)3-2-8(20)27-14;/h5-6H,2-4H2,1H3,(H2,15,17)(H,16,21)(H,23,24);/q;+1/p-1. The molecule has 150 valence electrons. The Kier molecular flexibility index (Phi) is 7.18. The summed E-state index contributed by atoms with van der Waals surface area (Å²) >= 11 is 1.07. The van der Waals surface area contributed by atoms with Crippen molar-refractivity contribution in [3.8, 4) is 0 Å². The summed E-state index contributed by atoms with van der Waals surface area (Å²) in [5.41, 5.74) is 3.04. The van der Waals surface area contributed by atoms with Crippen molar-refractivity contribution in [2.24, 2.45) is 5.16 Å². The number of nitrogens with two attached hydrogens (primary N) is 1. The molecule has 0 saturated carbocycles. The molecule has 2 fully saturated rings. The van der Waals surface area contributed by atoms with Crippen LogP contribution in [0, 0.1) is 0 Å². The molecule has 0 aliphatic carbocycles. The average molecular weight is 435 g/mol. The van der Waals surface area contributed by atoms with Gasteiger partial charge in [0.05, 0.1) is 6.42 Å². The van der Waals surface area contributed by atoms with Gasteiger partial charge in [0.15, 0.2) is 10.8 Å². The Balaban J connectivity index is 0.00000300. The topological polar surface area (TPSA) is 186 Å². The zero-order chi connectivity index (χ0) is 20.5. The van der Waals surface area contributed by atoms with E-state index in [0.29, 0.717) is 5.06 Å². The fraction of sp³-hybridized carbons (Fsp3) is 0.429. The normalized spacial score (nSPS) is 24.1. The predicted octanol–water partition coefficient (Wildman–Crippen LogP) is -5.88. The van der Waals surface area contributed by atoms with Crippen molar-refractivity contribution in [3.63, 3.8) is 0 Å². The van der Waals surface area contributed by atoms with E-state index in [-0.39, 0.29) is 58.9 Å². The van der Waals surface area contributed by atoms with E-state index in [2.05, 4.69) is 20.3 Å². The molecule has 2 aliphatic heterocycles. The van der Waals surface area contributed by atoms with E-state index in [1.165, 1.54) is 12.5 Å². The van der Waals surface area contributed by atoms with Crippen molar-refractivity contribution in [2.75, 3.05) is 19.5 Å². The molecule has 0 aromatic carbocycles. The summed E-state index contributed by atoms with van der Waals surface area (Å²) < 4.78 is 4.78. The summed E-state index contributed by atoms with van der Waals surface area (Å²) in [6.45, 7) is -0.392. The summed E-state index contributed by atoms with van der Waals surface area (Å²) in [4.78, 5) is 61.6. The minimum Gasteiger partial charge on any atom is -0.544 e. The van der Waals surface area contributed by atoms with E-state index in [1.54, 1.807) is 0 Å². The van der Waals surface area contributed by atoms with E-state index in [1.807, 2.05) is 0 Å². The van der Waals surface area contributed by atoms with Crippen LogP contribution in [0.15, 0.2) is 10.5 Å². The van der Waals surface area contributed by atoms with Gasteiger partial charge < -0.3 is 30.5 Å². The quantitative estimate of drug-likeness (QED) is 0.189. The molecule has 0 spiro atoms. The smallest absolute Gasteiger partial charge is 0.544 e. The number of esters is 1. The van der Waals surface area contributed by atoms with Crippen LogP contribution in [0.2, 0.25) is 0 Å². The number of carboxylic acid groups (broad SMARTS) is 1. The summed E-state index contributed by atoms with van der Waals surface area (Å²) in [6.07, 6.45) is -0.566. The minimum absolute atomic E-state index is 0. The van der Waals surface area contributed by atoms with E-state index >= 15 is 0 Å².